The average molecular weight is 265 g/mol. The Morgan fingerprint density at radius 2 is 1.89 bits per heavy atom. The van der Waals surface area contributed by atoms with Gasteiger partial charge in [0.25, 0.3) is 0 Å². The highest BCUT2D eigenvalue weighted by atomic mass is 32.2. The molecule has 1 aliphatic heterocycles. The van der Waals surface area contributed by atoms with E-state index in [2.05, 4.69) is 4.90 Å². The maximum atomic E-state index is 10.6. The molecule has 98 valence electrons. The average Bonchev–Trinajstić information content (AvgIpc) is 2.84. The number of thioether (sulfide) groups is 1. The van der Waals surface area contributed by atoms with E-state index in [1.807, 2.05) is 36.0 Å². The second kappa shape index (κ2) is 6.81. The van der Waals surface area contributed by atoms with E-state index >= 15 is 0 Å². The van der Waals surface area contributed by atoms with Gasteiger partial charge in [0, 0.05) is 17.2 Å². The molecule has 18 heavy (non-hydrogen) atoms. The minimum Gasteiger partial charge on any atom is -0.481 e. The maximum Gasteiger partial charge on any atom is 0.307 e. The van der Waals surface area contributed by atoms with Crippen LogP contribution in [0.25, 0.3) is 0 Å². The highest BCUT2D eigenvalue weighted by molar-refractivity contribution is 7.99. The van der Waals surface area contributed by atoms with Crippen molar-refractivity contribution in [3.05, 3.63) is 29.8 Å². The smallest absolute Gasteiger partial charge is 0.307 e. The lowest BCUT2D eigenvalue weighted by Crippen LogP contribution is -2.21. The Morgan fingerprint density at radius 3 is 2.50 bits per heavy atom. The van der Waals surface area contributed by atoms with E-state index in [9.17, 15) is 4.79 Å². The molecule has 1 N–H and O–H groups in total. The number of likely N-dealkylation sites (tertiary alicyclic amines) is 1. The van der Waals surface area contributed by atoms with Gasteiger partial charge in [-0.1, -0.05) is 12.1 Å². The molecule has 0 bridgehead atoms. The van der Waals surface area contributed by atoms with E-state index in [1.165, 1.54) is 30.8 Å². The Bertz CT molecular complexity index is 385. The third-order valence-electron chi connectivity index (χ3n) is 3.15. The molecule has 1 aromatic carbocycles. The van der Waals surface area contributed by atoms with Crippen LogP contribution in [-0.2, 0) is 11.2 Å². The van der Waals surface area contributed by atoms with Crippen LogP contribution in [0.3, 0.4) is 0 Å². The quantitative estimate of drug-likeness (QED) is 0.802. The highest BCUT2D eigenvalue weighted by Crippen LogP contribution is 2.19. The topological polar surface area (TPSA) is 40.5 Å². The van der Waals surface area contributed by atoms with Gasteiger partial charge in [-0.25, -0.2) is 0 Å². The summed E-state index contributed by atoms with van der Waals surface area (Å²) < 4.78 is 0. The number of benzene rings is 1. The molecule has 1 saturated heterocycles. The molecule has 0 aliphatic carbocycles. The first kappa shape index (κ1) is 13.4. The zero-order valence-electron chi connectivity index (χ0n) is 10.5. The maximum absolute atomic E-state index is 10.6. The van der Waals surface area contributed by atoms with Gasteiger partial charge in [-0.2, -0.15) is 0 Å². The summed E-state index contributed by atoms with van der Waals surface area (Å²) in [5.41, 5.74) is 0.867. The number of aliphatic carboxylic acids is 1. The van der Waals surface area contributed by atoms with Gasteiger partial charge < -0.3 is 10.0 Å². The molecule has 0 saturated carbocycles. The van der Waals surface area contributed by atoms with Crippen LogP contribution in [0.1, 0.15) is 18.4 Å². The first-order valence-electron chi connectivity index (χ1n) is 6.40. The molecule has 2 rings (SSSR count). The zero-order chi connectivity index (χ0) is 12.8. The first-order valence-corrected chi connectivity index (χ1v) is 7.38. The van der Waals surface area contributed by atoms with E-state index in [0.717, 1.165) is 17.9 Å². The minimum atomic E-state index is -0.774. The Kier molecular flexibility index (Phi) is 5.08. The molecule has 1 aliphatic rings. The lowest BCUT2D eigenvalue weighted by Gasteiger charge is -2.13. The van der Waals surface area contributed by atoms with Crippen molar-refractivity contribution in [2.45, 2.75) is 24.2 Å². The molecule has 1 heterocycles. The van der Waals surface area contributed by atoms with Crippen LogP contribution >= 0.6 is 11.8 Å². The first-order chi connectivity index (χ1) is 8.74. The highest BCUT2D eigenvalue weighted by Gasteiger charge is 2.10. The lowest BCUT2D eigenvalue weighted by molar-refractivity contribution is -0.136. The predicted molar refractivity (Wildman–Crippen MR) is 74.2 cm³/mol. The molecular formula is C14H19NO2S. The number of carbonyl (C=O) groups is 1. The van der Waals surface area contributed by atoms with Crippen LogP contribution in [-0.4, -0.2) is 41.4 Å². The summed E-state index contributed by atoms with van der Waals surface area (Å²) in [6, 6.07) is 7.86. The van der Waals surface area contributed by atoms with Crippen LogP contribution in [0.5, 0.6) is 0 Å². The molecule has 0 radical (unpaired) electrons. The Labute approximate surface area is 112 Å². The SMILES string of the molecule is O=C(O)Cc1ccc(SCCN2CCCC2)cc1. The number of rotatable bonds is 6. The van der Waals surface area contributed by atoms with E-state index in [-0.39, 0.29) is 6.42 Å². The Morgan fingerprint density at radius 1 is 1.22 bits per heavy atom. The van der Waals surface area contributed by atoms with Crippen LogP contribution < -0.4 is 0 Å². The van der Waals surface area contributed by atoms with Crippen molar-refractivity contribution in [3.8, 4) is 0 Å². The van der Waals surface area contributed by atoms with Crippen LogP contribution in [0.4, 0.5) is 0 Å². The summed E-state index contributed by atoms with van der Waals surface area (Å²) in [7, 11) is 0. The van der Waals surface area contributed by atoms with Gasteiger partial charge in [-0.15, -0.1) is 11.8 Å². The summed E-state index contributed by atoms with van der Waals surface area (Å²) in [6.07, 6.45) is 2.79. The summed E-state index contributed by atoms with van der Waals surface area (Å²) in [6.45, 7) is 3.65. The Balaban J connectivity index is 1.73. The molecule has 0 spiro atoms. The van der Waals surface area contributed by atoms with E-state index in [0.29, 0.717) is 0 Å². The van der Waals surface area contributed by atoms with Gasteiger partial charge in [-0.05, 0) is 43.6 Å². The predicted octanol–water partition coefficient (Wildman–Crippen LogP) is 2.50. The number of carboxylic acid groups (broad SMARTS) is 1. The molecule has 0 aromatic heterocycles. The third-order valence-corrected chi connectivity index (χ3v) is 4.15. The molecule has 3 nitrogen and oxygen atoms in total. The van der Waals surface area contributed by atoms with Crippen LogP contribution in [0, 0.1) is 0 Å². The fourth-order valence-electron chi connectivity index (χ4n) is 2.18. The van der Waals surface area contributed by atoms with Gasteiger partial charge in [0.1, 0.15) is 0 Å². The monoisotopic (exact) mass is 265 g/mol. The molecule has 0 amide bonds. The van der Waals surface area contributed by atoms with E-state index in [1.54, 1.807) is 0 Å². The fraction of sp³-hybridized carbons (Fsp3) is 0.500. The van der Waals surface area contributed by atoms with Crippen LogP contribution in [0.15, 0.2) is 29.2 Å². The van der Waals surface area contributed by atoms with Crippen molar-refractivity contribution in [1.82, 2.24) is 4.90 Å². The molecule has 1 aromatic rings. The number of nitrogens with zero attached hydrogens (tertiary/aromatic N) is 1. The standard InChI is InChI=1S/C14H19NO2S/c16-14(17)11-12-3-5-13(6-4-12)18-10-9-15-7-1-2-8-15/h3-6H,1-2,7-11H2,(H,16,17). The van der Waals surface area contributed by atoms with Gasteiger partial charge in [0.15, 0.2) is 0 Å². The number of hydrogen-bond acceptors (Lipinski definition) is 3. The molecule has 0 atom stereocenters. The van der Waals surface area contributed by atoms with Crippen molar-refractivity contribution in [1.29, 1.82) is 0 Å². The minimum absolute atomic E-state index is 0.110. The third kappa shape index (κ3) is 4.35. The second-order valence-electron chi connectivity index (χ2n) is 4.61. The number of hydrogen-bond donors (Lipinski definition) is 1. The lowest BCUT2D eigenvalue weighted by atomic mass is 10.2. The van der Waals surface area contributed by atoms with E-state index in [4.69, 9.17) is 5.11 Å². The molecular weight excluding hydrogens is 246 g/mol. The molecule has 4 heteroatoms. The fourth-order valence-corrected chi connectivity index (χ4v) is 3.09. The largest absolute Gasteiger partial charge is 0.481 e. The van der Waals surface area contributed by atoms with Gasteiger partial charge in [-0.3, -0.25) is 4.79 Å². The molecule has 0 unspecified atom stereocenters. The second-order valence-corrected chi connectivity index (χ2v) is 5.78. The van der Waals surface area contributed by atoms with Crippen molar-refractivity contribution in [3.63, 3.8) is 0 Å². The molecule has 1 fully saturated rings. The summed E-state index contributed by atoms with van der Waals surface area (Å²) >= 11 is 1.85. The van der Waals surface area contributed by atoms with Gasteiger partial charge in [0.05, 0.1) is 6.42 Å². The van der Waals surface area contributed by atoms with Crippen molar-refractivity contribution in [2.24, 2.45) is 0 Å². The Hall–Kier alpha value is -1.00. The van der Waals surface area contributed by atoms with Crippen LogP contribution in [0.2, 0.25) is 0 Å². The van der Waals surface area contributed by atoms with Crippen molar-refractivity contribution in [2.75, 3.05) is 25.4 Å². The summed E-state index contributed by atoms with van der Waals surface area (Å²) in [4.78, 5) is 14.3. The van der Waals surface area contributed by atoms with E-state index < -0.39 is 5.97 Å². The summed E-state index contributed by atoms with van der Waals surface area (Å²) in [5, 5.41) is 8.69. The summed E-state index contributed by atoms with van der Waals surface area (Å²) in [5.74, 6) is 0.336. The van der Waals surface area contributed by atoms with Gasteiger partial charge >= 0.3 is 5.97 Å². The van der Waals surface area contributed by atoms with Crippen molar-refractivity contribution < 1.29 is 9.90 Å². The zero-order valence-corrected chi connectivity index (χ0v) is 11.3. The normalized spacial score (nSPS) is 16.0. The number of carboxylic acids is 1. The van der Waals surface area contributed by atoms with Crippen molar-refractivity contribution >= 4 is 17.7 Å². The van der Waals surface area contributed by atoms with Gasteiger partial charge in [0.2, 0.25) is 0 Å².